The second kappa shape index (κ2) is 9.23. The number of thioether (sulfide) groups is 1. The molecule has 0 saturated heterocycles. The Bertz CT molecular complexity index is 1280. The molecule has 2 heterocycles. The van der Waals surface area contributed by atoms with Gasteiger partial charge in [0.25, 0.3) is 0 Å². The largest absolute Gasteiger partial charge is 0.323 e. The molecule has 2 aromatic heterocycles. The van der Waals surface area contributed by atoms with Gasteiger partial charge in [-0.2, -0.15) is 0 Å². The number of aromatic nitrogens is 4. The molecule has 162 valence electrons. The Kier molecular flexibility index (Phi) is 6.22. The SMILES string of the molecule is Cc1ccccc1-n1c(SCC(=O)Nc2ccc(F)c(F)c2F)nnc1-c1ccncc1. The van der Waals surface area contributed by atoms with Gasteiger partial charge in [-0.3, -0.25) is 14.3 Å². The van der Waals surface area contributed by atoms with Crippen LogP contribution in [-0.4, -0.2) is 31.4 Å². The number of para-hydroxylation sites is 1. The molecule has 0 aliphatic heterocycles. The molecule has 32 heavy (non-hydrogen) atoms. The molecular weight excluding hydrogens is 439 g/mol. The Morgan fingerprint density at radius 1 is 1.00 bits per heavy atom. The zero-order valence-electron chi connectivity index (χ0n) is 16.7. The Morgan fingerprint density at radius 3 is 2.50 bits per heavy atom. The predicted octanol–water partition coefficient (Wildman–Crippen LogP) is 4.79. The Hall–Kier alpha value is -3.66. The molecule has 0 saturated carbocycles. The molecule has 10 heteroatoms. The average Bonchev–Trinajstić information content (AvgIpc) is 3.23. The Balaban J connectivity index is 1.60. The van der Waals surface area contributed by atoms with Crippen molar-refractivity contribution in [1.29, 1.82) is 0 Å². The van der Waals surface area contributed by atoms with Crippen LogP contribution in [0.25, 0.3) is 17.1 Å². The van der Waals surface area contributed by atoms with Crippen molar-refractivity contribution in [3.63, 3.8) is 0 Å². The molecule has 0 spiro atoms. The highest BCUT2D eigenvalue weighted by molar-refractivity contribution is 7.99. The number of aryl methyl sites for hydroxylation is 1. The molecule has 1 amide bonds. The number of benzene rings is 2. The fraction of sp³-hybridized carbons (Fsp3) is 0.0909. The third-order valence-electron chi connectivity index (χ3n) is 4.57. The summed E-state index contributed by atoms with van der Waals surface area (Å²) in [5.41, 5.74) is 2.15. The van der Waals surface area contributed by atoms with Crippen molar-refractivity contribution in [2.24, 2.45) is 0 Å². The molecule has 4 rings (SSSR count). The Labute approximate surface area is 185 Å². The number of halogens is 3. The van der Waals surface area contributed by atoms with Crippen molar-refractivity contribution >= 4 is 23.4 Å². The molecule has 6 nitrogen and oxygen atoms in total. The average molecular weight is 455 g/mol. The van der Waals surface area contributed by atoms with Crippen LogP contribution in [0.15, 0.2) is 66.1 Å². The summed E-state index contributed by atoms with van der Waals surface area (Å²) in [7, 11) is 0. The molecule has 0 bridgehead atoms. The first-order chi connectivity index (χ1) is 15.5. The van der Waals surface area contributed by atoms with Gasteiger partial charge in [-0.15, -0.1) is 10.2 Å². The van der Waals surface area contributed by atoms with E-state index in [1.165, 1.54) is 0 Å². The summed E-state index contributed by atoms with van der Waals surface area (Å²) < 4.78 is 42.2. The minimum atomic E-state index is -1.64. The molecule has 4 aromatic rings. The minimum absolute atomic E-state index is 0.154. The van der Waals surface area contributed by atoms with E-state index in [0.29, 0.717) is 11.0 Å². The third-order valence-corrected chi connectivity index (χ3v) is 5.50. The fourth-order valence-corrected chi connectivity index (χ4v) is 3.77. The first-order valence-electron chi connectivity index (χ1n) is 9.43. The zero-order valence-corrected chi connectivity index (χ0v) is 17.5. The van der Waals surface area contributed by atoms with Crippen LogP contribution in [0.1, 0.15) is 5.56 Å². The lowest BCUT2D eigenvalue weighted by Crippen LogP contribution is -2.16. The summed E-state index contributed by atoms with van der Waals surface area (Å²) in [6.45, 7) is 1.94. The number of amides is 1. The van der Waals surface area contributed by atoms with E-state index in [0.717, 1.165) is 40.7 Å². The fourth-order valence-electron chi connectivity index (χ4n) is 3.02. The molecule has 0 unspecified atom stereocenters. The monoisotopic (exact) mass is 455 g/mol. The second-order valence-electron chi connectivity index (χ2n) is 6.72. The van der Waals surface area contributed by atoms with E-state index >= 15 is 0 Å². The summed E-state index contributed by atoms with van der Waals surface area (Å²) in [4.78, 5) is 16.4. The minimum Gasteiger partial charge on any atom is -0.323 e. The topological polar surface area (TPSA) is 72.7 Å². The number of hydrogen-bond acceptors (Lipinski definition) is 5. The highest BCUT2D eigenvalue weighted by atomic mass is 32.2. The van der Waals surface area contributed by atoms with E-state index in [1.54, 1.807) is 24.5 Å². The van der Waals surface area contributed by atoms with Crippen molar-refractivity contribution < 1.29 is 18.0 Å². The highest BCUT2D eigenvalue weighted by Gasteiger charge is 2.20. The number of nitrogens with zero attached hydrogens (tertiary/aromatic N) is 4. The van der Waals surface area contributed by atoms with Crippen molar-refractivity contribution in [3.8, 4) is 17.1 Å². The van der Waals surface area contributed by atoms with Gasteiger partial charge in [0.2, 0.25) is 5.91 Å². The quantitative estimate of drug-likeness (QED) is 0.335. The maximum atomic E-state index is 13.8. The van der Waals surface area contributed by atoms with Gasteiger partial charge in [-0.25, -0.2) is 13.2 Å². The van der Waals surface area contributed by atoms with Crippen LogP contribution in [0.3, 0.4) is 0 Å². The van der Waals surface area contributed by atoms with E-state index in [-0.39, 0.29) is 5.75 Å². The number of carbonyl (C=O) groups is 1. The first-order valence-corrected chi connectivity index (χ1v) is 10.4. The number of hydrogen-bond donors (Lipinski definition) is 1. The third kappa shape index (κ3) is 4.35. The molecule has 2 aromatic carbocycles. The normalized spacial score (nSPS) is 10.9. The summed E-state index contributed by atoms with van der Waals surface area (Å²) in [6.07, 6.45) is 3.28. The summed E-state index contributed by atoms with van der Waals surface area (Å²) in [6, 6.07) is 12.9. The molecule has 1 N–H and O–H groups in total. The van der Waals surface area contributed by atoms with Gasteiger partial charge in [0.05, 0.1) is 17.1 Å². The van der Waals surface area contributed by atoms with Crippen LogP contribution in [-0.2, 0) is 4.79 Å². The van der Waals surface area contributed by atoms with Crippen LogP contribution >= 0.6 is 11.8 Å². The van der Waals surface area contributed by atoms with Crippen LogP contribution in [0.5, 0.6) is 0 Å². The number of nitrogens with one attached hydrogen (secondary N) is 1. The van der Waals surface area contributed by atoms with Gasteiger partial charge in [-0.1, -0.05) is 30.0 Å². The van der Waals surface area contributed by atoms with Gasteiger partial charge >= 0.3 is 0 Å². The van der Waals surface area contributed by atoms with Crippen molar-refractivity contribution in [2.45, 2.75) is 12.1 Å². The van der Waals surface area contributed by atoms with Crippen molar-refractivity contribution in [2.75, 3.05) is 11.1 Å². The highest BCUT2D eigenvalue weighted by Crippen LogP contribution is 2.29. The Morgan fingerprint density at radius 2 is 1.75 bits per heavy atom. The first kappa shape index (κ1) is 21.6. The van der Waals surface area contributed by atoms with Crippen molar-refractivity contribution in [3.05, 3.63) is 83.9 Å². The number of anilines is 1. The number of carbonyl (C=O) groups excluding carboxylic acids is 1. The van der Waals surface area contributed by atoms with Crippen LogP contribution < -0.4 is 5.32 Å². The maximum absolute atomic E-state index is 13.8. The zero-order chi connectivity index (χ0) is 22.7. The second-order valence-corrected chi connectivity index (χ2v) is 7.67. The standard InChI is InChI=1S/C22H16F3N5OS/c1-13-4-2-3-5-17(13)30-21(14-8-10-26-11-9-14)28-29-22(30)32-12-18(31)27-16-7-6-15(23)19(24)20(16)25/h2-11H,12H2,1H3,(H,27,31). The maximum Gasteiger partial charge on any atom is 0.234 e. The lowest BCUT2D eigenvalue weighted by Gasteiger charge is -2.13. The summed E-state index contributed by atoms with van der Waals surface area (Å²) in [5.74, 6) is -4.62. The molecule has 0 aliphatic carbocycles. The van der Waals surface area contributed by atoms with Gasteiger partial charge in [-0.05, 0) is 42.8 Å². The lowest BCUT2D eigenvalue weighted by atomic mass is 10.2. The van der Waals surface area contributed by atoms with Crippen LogP contribution in [0, 0.1) is 24.4 Å². The van der Waals surface area contributed by atoms with E-state index in [1.807, 2.05) is 35.8 Å². The van der Waals surface area contributed by atoms with Gasteiger partial charge in [0.15, 0.2) is 28.4 Å². The predicted molar refractivity (Wildman–Crippen MR) is 115 cm³/mol. The lowest BCUT2D eigenvalue weighted by molar-refractivity contribution is -0.113. The van der Waals surface area contributed by atoms with E-state index in [4.69, 9.17) is 0 Å². The number of rotatable bonds is 6. The molecule has 0 aliphatic rings. The summed E-state index contributed by atoms with van der Waals surface area (Å²) in [5, 5.41) is 11.2. The van der Waals surface area contributed by atoms with Gasteiger partial charge in [0, 0.05) is 18.0 Å². The van der Waals surface area contributed by atoms with Crippen LogP contribution in [0.2, 0.25) is 0 Å². The molecule has 0 fully saturated rings. The molecule has 0 radical (unpaired) electrons. The molecule has 0 atom stereocenters. The molecular formula is C22H16F3N5OS. The number of pyridine rings is 1. The van der Waals surface area contributed by atoms with Crippen LogP contribution in [0.4, 0.5) is 18.9 Å². The van der Waals surface area contributed by atoms with Crippen molar-refractivity contribution in [1.82, 2.24) is 19.7 Å². The van der Waals surface area contributed by atoms with E-state index in [9.17, 15) is 18.0 Å². The van der Waals surface area contributed by atoms with Gasteiger partial charge < -0.3 is 5.32 Å². The summed E-state index contributed by atoms with van der Waals surface area (Å²) >= 11 is 1.08. The van der Waals surface area contributed by atoms with E-state index in [2.05, 4.69) is 20.5 Å². The van der Waals surface area contributed by atoms with Gasteiger partial charge in [0.1, 0.15) is 0 Å². The van der Waals surface area contributed by atoms with E-state index < -0.39 is 29.0 Å². The smallest absolute Gasteiger partial charge is 0.234 e.